The van der Waals surface area contributed by atoms with Gasteiger partial charge in [0.25, 0.3) is 5.91 Å². The molecule has 2 rings (SSSR count). The summed E-state index contributed by atoms with van der Waals surface area (Å²) in [5.41, 5.74) is 2.01. The van der Waals surface area contributed by atoms with E-state index in [-0.39, 0.29) is 24.2 Å². The summed E-state index contributed by atoms with van der Waals surface area (Å²) in [6, 6.07) is 17.2. The fraction of sp³-hybridized carbons (Fsp3) is 0.333. The minimum atomic E-state index is -0.830. The fourth-order valence-corrected chi connectivity index (χ4v) is 2.52. The lowest BCUT2D eigenvalue weighted by Gasteiger charge is -2.16. The van der Waals surface area contributed by atoms with Crippen LogP contribution in [0.25, 0.3) is 0 Å². The molecule has 0 aromatic heterocycles. The quantitative estimate of drug-likeness (QED) is 0.737. The van der Waals surface area contributed by atoms with Crippen molar-refractivity contribution < 1.29 is 19.1 Å². The van der Waals surface area contributed by atoms with Gasteiger partial charge in [0.15, 0.2) is 6.10 Å². The van der Waals surface area contributed by atoms with E-state index in [1.54, 1.807) is 14.0 Å². The molecule has 1 N–H and O–H groups in total. The number of rotatable bonds is 8. The van der Waals surface area contributed by atoms with E-state index in [1.807, 2.05) is 61.5 Å². The Bertz CT molecular complexity index is 713. The monoisotopic (exact) mass is 355 g/mol. The first-order chi connectivity index (χ1) is 12.5. The van der Waals surface area contributed by atoms with Gasteiger partial charge >= 0.3 is 5.97 Å². The molecule has 0 saturated carbocycles. The molecule has 2 aromatic carbocycles. The SMILES string of the molecule is COc1ccc(CNC(=O)[C@H](C)OC(=O)C[C@@H](C)c2ccccc2)cc1. The molecule has 26 heavy (non-hydrogen) atoms. The normalized spacial score (nSPS) is 12.7. The van der Waals surface area contributed by atoms with Crippen LogP contribution >= 0.6 is 0 Å². The Morgan fingerprint density at radius 3 is 2.27 bits per heavy atom. The molecule has 0 unspecified atom stereocenters. The van der Waals surface area contributed by atoms with Gasteiger partial charge in [0.1, 0.15) is 5.75 Å². The van der Waals surface area contributed by atoms with Gasteiger partial charge in [-0.2, -0.15) is 0 Å². The van der Waals surface area contributed by atoms with Gasteiger partial charge in [-0.25, -0.2) is 0 Å². The number of hydrogen-bond donors (Lipinski definition) is 1. The maximum atomic E-state index is 12.1. The number of benzene rings is 2. The summed E-state index contributed by atoms with van der Waals surface area (Å²) >= 11 is 0. The molecule has 0 spiro atoms. The molecule has 0 heterocycles. The van der Waals surface area contributed by atoms with Crippen molar-refractivity contribution in [1.82, 2.24) is 5.32 Å². The van der Waals surface area contributed by atoms with E-state index in [0.29, 0.717) is 6.54 Å². The molecule has 0 aliphatic rings. The average Bonchev–Trinajstić information content (AvgIpc) is 2.66. The van der Waals surface area contributed by atoms with Crippen molar-refractivity contribution in [3.63, 3.8) is 0 Å². The molecular formula is C21H25NO4. The second-order valence-corrected chi connectivity index (χ2v) is 6.21. The van der Waals surface area contributed by atoms with Crippen molar-refractivity contribution in [2.24, 2.45) is 0 Å². The predicted octanol–water partition coefficient (Wildman–Crippen LogP) is 3.44. The fourth-order valence-electron chi connectivity index (χ4n) is 2.52. The van der Waals surface area contributed by atoms with Gasteiger partial charge < -0.3 is 14.8 Å². The van der Waals surface area contributed by atoms with Gasteiger partial charge in [0.05, 0.1) is 13.5 Å². The standard InChI is InChI=1S/C21H25NO4/c1-15(18-7-5-4-6-8-18)13-20(23)26-16(2)21(24)22-14-17-9-11-19(25-3)12-10-17/h4-12,15-16H,13-14H2,1-3H3,(H,22,24)/t15-,16+/m1/s1. The summed E-state index contributed by atoms with van der Waals surface area (Å²) in [5.74, 6) is 0.100. The minimum Gasteiger partial charge on any atom is -0.497 e. The second-order valence-electron chi connectivity index (χ2n) is 6.21. The van der Waals surface area contributed by atoms with Crippen LogP contribution in [0.5, 0.6) is 5.75 Å². The van der Waals surface area contributed by atoms with Crippen LogP contribution in [-0.2, 0) is 20.9 Å². The zero-order valence-electron chi connectivity index (χ0n) is 15.4. The molecule has 2 aromatic rings. The molecule has 0 bridgehead atoms. The molecule has 1 amide bonds. The molecule has 2 atom stereocenters. The summed E-state index contributed by atoms with van der Waals surface area (Å²) in [6.45, 7) is 3.91. The van der Waals surface area contributed by atoms with Crippen LogP contribution in [0.15, 0.2) is 54.6 Å². The van der Waals surface area contributed by atoms with E-state index in [1.165, 1.54) is 0 Å². The Hall–Kier alpha value is -2.82. The summed E-state index contributed by atoms with van der Waals surface area (Å²) in [5, 5.41) is 2.77. The van der Waals surface area contributed by atoms with Gasteiger partial charge in [-0.05, 0) is 36.1 Å². The topological polar surface area (TPSA) is 64.6 Å². The number of amides is 1. The Kier molecular flexibility index (Phi) is 7.21. The summed E-state index contributed by atoms with van der Waals surface area (Å²) < 4.78 is 10.4. The number of methoxy groups -OCH3 is 1. The third kappa shape index (κ3) is 5.92. The molecule has 0 radical (unpaired) electrons. The molecule has 0 fully saturated rings. The first-order valence-corrected chi connectivity index (χ1v) is 8.64. The average molecular weight is 355 g/mol. The highest BCUT2D eigenvalue weighted by Crippen LogP contribution is 2.19. The van der Waals surface area contributed by atoms with E-state index in [9.17, 15) is 9.59 Å². The Morgan fingerprint density at radius 2 is 1.65 bits per heavy atom. The van der Waals surface area contributed by atoms with E-state index in [2.05, 4.69) is 5.32 Å². The van der Waals surface area contributed by atoms with Crippen LogP contribution in [0.4, 0.5) is 0 Å². The van der Waals surface area contributed by atoms with Gasteiger partial charge in [-0.3, -0.25) is 9.59 Å². The number of hydrogen-bond acceptors (Lipinski definition) is 4. The van der Waals surface area contributed by atoms with Crippen LogP contribution in [0, 0.1) is 0 Å². The zero-order valence-corrected chi connectivity index (χ0v) is 15.4. The molecule has 0 aliphatic heterocycles. The van der Waals surface area contributed by atoms with Crippen molar-refractivity contribution in [2.75, 3.05) is 7.11 Å². The molecule has 5 nitrogen and oxygen atoms in total. The number of carbonyl (C=O) groups excluding carboxylic acids is 2. The number of carbonyl (C=O) groups is 2. The van der Waals surface area contributed by atoms with Gasteiger partial charge in [0, 0.05) is 6.54 Å². The second kappa shape index (κ2) is 9.61. The molecule has 0 saturated heterocycles. The van der Waals surface area contributed by atoms with Crippen molar-refractivity contribution in [2.45, 2.75) is 38.8 Å². The molecule has 0 aliphatic carbocycles. The van der Waals surface area contributed by atoms with Gasteiger partial charge in [-0.1, -0.05) is 49.4 Å². The van der Waals surface area contributed by atoms with Crippen LogP contribution in [0.2, 0.25) is 0 Å². The maximum absolute atomic E-state index is 12.1. The van der Waals surface area contributed by atoms with E-state index in [0.717, 1.165) is 16.9 Å². The van der Waals surface area contributed by atoms with Crippen molar-refractivity contribution in [1.29, 1.82) is 0 Å². The van der Waals surface area contributed by atoms with Crippen LogP contribution in [-0.4, -0.2) is 25.1 Å². The van der Waals surface area contributed by atoms with Crippen LogP contribution in [0.1, 0.15) is 37.3 Å². The number of esters is 1. The van der Waals surface area contributed by atoms with Crippen LogP contribution in [0.3, 0.4) is 0 Å². The third-order valence-electron chi connectivity index (χ3n) is 4.14. The number of ether oxygens (including phenoxy) is 2. The highest BCUT2D eigenvalue weighted by atomic mass is 16.5. The largest absolute Gasteiger partial charge is 0.497 e. The van der Waals surface area contributed by atoms with Gasteiger partial charge in [0.2, 0.25) is 0 Å². The van der Waals surface area contributed by atoms with E-state index < -0.39 is 6.10 Å². The van der Waals surface area contributed by atoms with Gasteiger partial charge in [-0.15, -0.1) is 0 Å². The highest BCUT2D eigenvalue weighted by Gasteiger charge is 2.19. The van der Waals surface area contributed by atoms with E-state index in [4.69, 9.17) is 9.47 Å². The molecule has 138 valence electrons. The van der Waals surface area contributed by atoms with E-state index >= 15 is 0 Å². The lowest BCUT2D eigenvalue weighted by Crippen LogP contribution is -2.35. The zero-order chi connectivity index (χ0) is 18.9. The first kappa shape index (κ1) is 19.5. The summed E-state index contributed by atoms with van der Waals surface area (Å²) in [6.07, 6.45) is -0.594. The molecular weight excluding hydrogens is 330 g/mol. The third-order valence-corrected chi connectivity index (χ3v) is 4.14. The number of nitrogens with one attached hydrogen (secondary N) is 1. The lowest BCUT2D eigenvalue weighted by atomic mass is 9.98. The van der Waals surface area contributed by atoms with Crippen molar-refractivity contribution in [3.8, 4) is 5.75 Å². The highest BCUT2D eigenvalue weighted by molar-refractivity contribution is 5.83. The predicted molar refractivity (Wildman–Crippen MR) is 99.9 cm³/mol. The summed E-state index contributed by atoms with van der Waals surface area (Å²) in [7, 11) is 1.60. The molecule has 5 heteroatoms. The Morgan fingerprint density at radius 1 is 1.00 bits per heavy atom. The van der Waals surface area contributed by atoms with Crippen LogP contribution < -0.4 is 10.1 Å². The first-order valence-electron chi connectivity index (χ1n) is 8.64. The lowest BCUT2D eigenvalue weighted by molar-refractivity contribution is -0.155. The Labute approximate surface area is 154 Å². The van der Waals surface area contributed by atoms with Crippen molar-refractivity contribution in [3.05, 3.63) is 65.7 Å². The van der Waals surface area contributed by atoms with Crippen molar-refractivity contribution >= 4 is 11.9 Å². The summed E-state index contributed by atoms with van der Waals surface area (Å²) in [4.78, 5) is 24.2. The Balaban J connectivity index is 1.77. The maximum Gasteiger partial charge on any atom is 0.307 e. The smallest absolute Gasteiger partial charge is 0.307 e. The minimum absolute atomic E-state index is 0.0401.